The summed E-state index contributed by atoms with van der Waals surface area (Å²) in [6, 6.07) is 3.05. The minimum Gasteiger partial charge on any atom is -0.356 e. The molecule has 0 bridgehead atoms. The maximum Gasteiger partial charge on any atom is 0.221 e. The van der Waals surface area contributed by atoms with E-state index in [2.05, 4.69) is 26.2 Å². The predicted molar refractivity (Wildman–Crippen MR) is 78.1 cm³/mol. The number of halogens is 2. The van der Waals surface area contributed by atoms with Crippen LogP contribution in [-0.2, 0) is 11.3 Å². The summed E-state index contributed by atoms with van der Waals surface area (Å²) in [6.45, 7) is 2.94. The van der Waals surface area contributed by atoms with Gasteiger partial charge < -0.3 is 14.9 Å². The molecule has 2 rings (SSSR count). The number of hydrogen-bond acceptors (Lipinski definition) is 2. The lowest BCUT2D eigenvalue weighted by atomic mass is 10.3. The molecule has 1 aromatic carbocycles. The van der Waals surface area contributed by atoms with E-state index < -0.39 is 0 Å². The van der Waals surface area contributed by atoms with Gasteiger partial charge in [0.25, 0.3) is 0 Å². The van der Waals surface area contributed by atoms with Crippen molar-refractivity contribution in [2.45, 2.75) is 19.9 Å². The molecule has 0 aliphatic heterocycles. The quantitative estimate of drug-likeness (QED) is 0.836. The maximum atomic E-state index is 13.4. The molecule has 0 spiro atoms. The van der Waals surface area contributed by atoms with Gasteiger partial charge in [0, 0.05) is 25.6 Å². The van der Waals surface area contributed by atoms with Crippen molar-refractivity contribution < 1.29 is 9.18 Å². The molecule has 2 N–H and O–H groups in total. The number of nitrogens with zero attached hydrogens (tertiary/aromatic N) is 1. The normalized spacial score (nSPS) is 10.9. The van der Waals surface area contributed by atoms with Crippen LogP contribution < -0.4 is 5.32 Å². The molecule has 0 radical (unpaired) electrons. The Kier molecular flexibility index (Phi) is 4.36. The fraction of sp³-hybridized carbons (Fsp3) is 0.333. The highest BCUT2D eigenvalue weighted by Crippen LogP contribution is 2.23. The Balaban J connectivity index is 2.32. The predicted octanol–water partition coefficient (Wildman–Crippen LogP) is 3.13. The van der Waals surface area contributed by atoms with Crippen molar-refractivity contribution in [3.05, 3.63) is 27.2 Å². The highest BCUT2D eigenvalue weighted by Gasteiger charge is 2.10. The smallest absolute Gasteiger partial charge is 0.221 e. The first-order valence-electron chi connectivity index (χ1n) is 5.87. The van der Waals surface area contributed by atoms with Crippen LogP contribution in [-0.4, -0.2) is 22.0 Å². The van der Waals surface area contributed by atoms with E-state index in [1.54, 1.807) is 10.6 Å². The Labute approximate surface area is 123 Å². The monoisotopic (exact) mass is 345 g/mol. The van der Waals surface area contributed by atoms with Crippen LogP contribution in [0.2, 0.25) is 0 Å². The lowest BCUT2D eigenvalue weighted by molar-refractivity contribution is -0.121. The van der Waals surface area contributed by atoms with E-state index in [-0.39, 0.29) is 11.7 Å². The zero-order chi connectivity index (χ0) is 14.0. The summed E-state index contributed by atoms with van der Waals surface area (Å²) in [6.07, 6.45) is 0.337. The molecule has 4 nitrogen and oxygen atoms in total. The van der Waals surface area contributed by atoms with E-state index in [1.807, 2.05) is 6.92 Å². The van der Waals surface area contributed by atoms with Gasteiger partial charge in [-0.3, -0.25) is 4.79 Å². The van der Waals surface area contributed by atoms with E-state index in [4.69, 9.17) is 12.2 Å². The van der Waals surface area contributed by atoms with Crippen LogP contribution in [0.3, 0.4) is 0 Å². The highest BCUT2D eigenvalue weighted by atomic mass is 79.9. The van der Waals surface area contributed by atoms with Crippen molar-refractivity contribution in [3.63, 3.8) is 0 Å². The fourth-order valence-electron chi connectivity index (χ4n) is 1.87. The molecule has 0 unspecified atom stereocenters. The Morgan fingerprint density at radius 1 is 1.58 bits per heavy atom. The molecular weight excluding hydrogens is 333 g/mol. The first-order chi connectivity index (χ1) is 9.02. The number of amides is 1. The zero-order valence-corrected chi connectivity index (χ0v) is 12.7. The molecule has 0 saturated carbocycles. The minimum atomic E-state index is -0.348. The largest absolute Gasteiger partial charge is 0.356 e. The van der Waals surface area contributed by atoms with Gasteiger partial charge in [0.2, 0.25) is 5.91 Å². The maximum absolute atomic E-state index is 13.4. The third kappa shape index (κ3) is 3.03. The first kappa shape index (κ1) is 14.2. The van der Waals surface area contributed by atoms with Gasteiger partial charge >= 0.3 is 0 Å². The number of nitrogens with one attached hydrogen (secondary N) is 2. The molecule has 2 aromatic rings. The summed E-state index contributed by atoms with van der Waals surface area (Å²) in [7, 11) is 0. The van der Waals surface area contributed by atoms with Gasteiger partial charge in [-0.25, -0.2) is 4.39 Å². The fourth-order valence-corrected chi connectivity index (χ4v) is 2.50. The minimum absolute atomic E-state index is 0.0278. The molecule has 0 aliphatic rings. The molecular formula is C12H13BrFN3OS. The number of imidazole rings is 1. The summed E-state index contributed by atoms with van der Waals surface area (Å²) < 4.78 is 16.1. The number of benzene rings is 1. The van der Waals surface area contributed by atoms with E-state index in [9.17, 15) is 9.18 Å². The van der Waals surface area contributed by atoms with Gasteiger partial charge in [0.05, 0.1) is 15.5 Å². The van der Waals surface area contributed by atoms with Crippen molar-refractivity contribution >= 4 is 45.1 Å². The topological polar surface area (TPSA) is 49.8 Å². The number of carbonyl (C=O) groups excluding carboxylic acids is 1. The van der Waals surface area contributed by atoms with Crippen LogP contribution in [0.1, 0.15) is 13.3 Å². The van der Waals surface area contributed by atoms with E-state index in [0.29, 0.717) is 34.3 Å². The Hall–Kier alpha value is -1.21. The van der Waals surface area contributed by atoms with E-state index in [1.165, 1.54) is 6.07 Å². The number of aromatic nitrogens is 2. The van der Waals surface area contributed by atoms with Gasteiger partial charge in [0.1, 0.15) is 5.82 Å². The average molecular weight is 346 g/mol. The molecule has 0 aliphatic carbocycles. The third-order valence-corrected chi connectivity index (χ3v) is 3.68. The number of hydrogen-bond donors (Lipinski definition) is 2. The number of aryl methyl sites for hydroxylation is 1. The highest BCUT2D eigenvalue weighted by molar-refractivity contribution is 9.10. The van der Waals surface area contributed by atoms with Crippen LogP contribution in [0, 0.1) is 10.6 Å². The number of aromatic amines is 1. The molecule has 1 aromatic heterocycles. The Bertz CT molecular complexity index is 679. The molecule has 1 heterocycles. The van der Waals surface area contributed by atoms with Crippen LogP contribution in [0.4, 0.5) is 4.39 Å². The van der Waals surface area contributed by atoms with Crippen LogP contribution >= 0.6 is 28.1 Å². The molecule has 19 heavy (non-hydrogen) atoms. The molecule has 0 fully saturated rings. The lowest BCUT2D eigenvalue weighted by Gasteiger charge is -2.05. The van der Waals surface area contributed by atoms with Crippen LogP contribution in [0.15, 0.2) is 16.6 Å². The van der Waals surface area contributed by atoms with Gasteiger partial charge in [-0.15, -0.1) is 0 Å². The number of carbonyl (C=O) groups is 1. The van der Waals surface area contributed by atoms with Crippen LogP contribution in [0.25, 0.3) is 11.0 Å². The molecule has 1 amide bonds. The second-order valence-corrected chi connectivity index (χ2v) is 5.31. The second-order valence-electron chi connectivity index (χ2n) is 4.07. The SMILES string of the molecule is CCNC(=O)CCn1c(=S)[nH]c2cc(F)c(Br)cc21. The van der Waals surface area contributed by atoms with E-state index in [0.717, 1.165) is 5.52 Å². The average Bonchev–Trinajstić information content (AvgIpc) is 2.63. The van der Waals surface area contributed by atoms with Gasteiger partial charge in [0.15, 0.2) is 4.77 Å². The van der Waals surface area contributed by atoms with Crippen LogP contribution in [0.5, 0.6) is 0 Å². The van der Waals surface area contributed by atoms with Crippen molar-refractivity contribution in [3.8, 4) is 0 Å². The van der Waals surface area contributed by atoms with Gasteiger partial charge in [-0.05, 0) is 41.1 Å². The van der Waals surface area contributed by atoms with Crippen molar-refractivity contribution in [2.24, 2.45) is 0 Å². The second kappa shape index (κ2) is 5.83. The lowest BCUT2D eigenvalue weighted by Crippen LogP contribution is -2.23. The Morgan fingerprint density at radius 3 is 3.00 bits per heavy atom. The number of H-pyrrole nitrogens is 1. The number of fused-ring (bicyclic) bond motifs is 1. The molecule has 0 atom stereocenters. The summed E-state index contributed by atoms with van der Waals surface area (Å²) >= 11 is 8.34. The third-order valence-electron chi connectivity index (χ3n) is 2.75. The van der Waals surface area contributed by atoms with Gasteiger partial charge in [-0.1, -0.05) is 0 Å². The molecule has 102 valence electrons. The van der Waals surface area contributed by atoms with Crippen molar-refractivity contribution in [2.75, 3.05) is 6.54 Å². The standard InChI is InChI=1S/C12H13BrFN3OS/c1-2-15-11(18)3-4-17-10-5-7(13)8(14)6-9(10)16-12(17)19/h5-6H,2-4H2,1H3,(H,15,18)(H,16,19). The van der Waals surface area contributed by atoms with Crippen molar-refractivity contribution in [1.82, 2.24) is 14.9 Å². The van der Waals surface area contributed by atoms with E-state index >= 15 is 0 Å². The summed E-state index contributed by atoms with van der Waals surface area (Å²) in [5.41, 5.74) is 1.41. The summed E-state index contributed by atoms with van der Waals surface area (Å²) in [5, 5.41) is 2.73. The molecule has 0 saturated heterocycles. The summed E-state index contributed by atoms with van der Waals surface area (Å²) in [4.78, 5) is 14.4. The van der Waals surface area contributed by atoms with Gasteiger partial charge in [-0.2, -0.15) is 0 Å². The number of rotatable bonds is 4. The zero-order valence-electron chi connectivity index (χ0n) is 10.3. The summed E-state index contributed by atoms with van der Waals surface area (Å²) in [5.74, 6) is -0.375. The first-order valence-corrected chi connectivity index (χ1v) is 7.07. The Morgan fingerprint density at radius 2 is 2.32 bits per heavy atom. The van der Waals surface area contributed by atoms with Crippen molar-refractivity contribution in [1.29, 1.82) is 0 Å². The molecule has 7 heteroatoms.